The van der Waals surface area contributed by atoms with Crippen LogP contribution in [0.25, 0.3) is 0 Å². The van der Waals surface area contributed by atoms with E-state index in [0.717, 1.165) is 52.0 Å². The van der Waals surface area contributed by atoms with Crippen molar-refractivity contribution in [1.82, 2.24) is 14.7 Å². The number of nitrogens with zero attached hydrogens (tertiary/aromatic N) is 3. The average molecular weight is 357 g/mol. The maximum Gasteiger partial charge on any atom is 0.223 e. The van der Waals surface area contributed by atoms with Crippen LogP contribution in [0.15, 0.2) is 30.3 Å². The van der Waals surface area contributed by atoms with Crippen LogP contribution in [0.2, 0.25) is 0 Å². The number of likely N-dealkylation sites (N-methyl/N-ethyl adjacent to an activating group) is 1. The number of aryl methyl sites for hydroxylation is 1. The summed E-state index contributed by atoms with van der Waals surface area (Å²) in [5.41, 5.74) is 1.16. The van der Waals surface area contributed by atoms with Gasteiger partial charge in [-0.3, -0.25) is 14.5 Å². The van der Waals surface area contributed by atoms with Crippen molar-refractivity contribution in [1.29, 1.82) is 0 Å². The monoisotopic (exact) mass is 357 g/mol. The molecule has 2 aliphatic heterocycles. The van der Waals surface area contributed by atoms with E-state index in [4.69, 9.17) is 0 Å². The van der Waals surface area contributed by atoms with E-state index < -0.39 is 0 Å². The zero-order valence-electron chi connectivity index (χ0n) is 16.1. The molecule has 2 fully saturated rings. The minimum absolute atomic E-state index is 0.0553. The Bertz CT molecular complexity index is 633. The van der Waals surface area contributed by atoms with Crippen LogP contribution in [0.4, 0.5) is 0 Å². The molecule has 5 nitrogen and oxygen atoms in total. The van der Waals surface area contributed by atoms with Crippen molar-refractivity contribution >= 4 is 11.8 Å². The summed E-state index contributed by atoms with van der Waals surface area (Å²) in [6, 6.07) is 10.2. The van der Waals surface area contributed by atoms with E-state index in [0.29, 0.717) is 12.8 Å². The van der Waals surface area contributed by atoms with Crippen LogP contribution in [0, 0.1) is 0 Å². The van der Waals surface area contributed by atoms with Gasteiger partial charge < -0.3 is 9.80 Å². The van der Waals surface area contributed by atoms with E-state index >= 15 is 0 Å². The molecule has 0 bridgehead atoms. The van der Waals surface area contributed by atoms with Gasteiger partial charge in [-0.25, -0.2) is 0 Å². The molecule has 2 saturated heterocycles. The summed E-state index contributed by atoms with van der Waals surface area (Å²) in [7, 11) is 2.15. The first-order valence-electron chi connectivity index (χ1n) is 9.85. The topological polar surface area (TPSA) is 43.9 Å². The van der Waals surface area contributed by atoms with Crippen molar-refractivity contribution in [2.45, 2.75) is 44.6 Å². The van der Waals surface area contributed by atoms with Gasteiger partial charge in [0, 0.05) is 51.1 Å². The molecule has 142 valence electrons. The van der Waals surface area contributed by atoms with Gasteiger partial charge in [-0.2, -0.15) is 0 Å². The van der Waals surface area contributed by atoms with Gasteiger partial charge in [0.05, 0.1) is 0 Å². The Labute approximate surface area is 156 Å². The fourth-order valence-electron chi connectivity index (χ4n) is 4.29. The Morgan fingerprint density at radius 3 is 2.62 bits per heavy atom. The number of carbonyl (C=O) groups excluding carboxylic acids is 2. The molecule has 26 heavy (non-hydrogen) atoms. The van der Waals surface area contributed by atoms with Gasteiger partial charge in [-0.15, -0.1) is 0 Å². The zero-order chi connectivity index (χ0) is 18.6. The standard InChI is InChI=1S/C21H31N3O2/c1-3-23-14-13-21(12-11-20(23)26)17-24(16-15-22(21)2)19(25)10-9-18-7-5-4-6-8-18/h4-8H,3,9-17H2,1-2H3. The lowest BCUT2D eigenvalue weighted by atomic mass is 9.86. The molecule has 0 aliphatic carbocycles. The van der Waals surface area contributed by atoms with Gasteiger partial charge in [0.15, 0.2) is 0 Å². The maximum absolute atomic E-state index is 12.8. The molecule has 1 aromatic rings. The Hall–Kier alpha value is -1.88. The highest BCUT2D eigenvalue weighted by atomic mass is 16.2. The Morgan fingerprint density at radius 1 is 1.12 bits per heavy atom. The minimum Gasteiger partial charge on any atom is -0.343 e. The molecule has 2 amide bonds. The summed E-state index contributed by atoms with van der Waals surface area (Å²) in [6.07, 6.45) is 3.74. The smallest absolute Gasteiger partial charge is 0.223 e. The minimum atomic E-state index is -0.0553. The van der Waals surface area contributed by atoms with Crippen molar-refractivity contribution in [3.8, 4) is 0 Å². The average Bonchev–Trinajstić information content (AvgIpc) is 2.82. The molecule has 3 rings (SSSR count). The lowest BCUT2D eigenvalue weighted by Crippen LogP contribution is -2.62. The van der Waals surface area contributed by atoms with Crippen LogP contribution >= 0.6 is 0 Å². The number of likely N-dealkylation sites (tertiary alicyclic amines) is 1. The number of piperazine rings is 1. The van der Waals surface area contributed by atoms with E-state index in [-0.39, 0.29) is 17.4 Å². The van der Waals surface area contributed by atoms with Gasteiger partial charge in [0.2, 0.25) is 11.8 Å². The molecule has 0 N–H and O–H groups in total. The third-order valence-electron chi connectivity index (χ3n) is 6.21. The van der Waals surface area contributed by atoms with Gasteiger partial charge >= 0.3 is 0 Å². The lowest BCUT2D eigenvalue weighted by Gasteiger charge is -2.49. The summed E-state index contributed by atoms with van der Waals surface area (Å²) in [5.74, 6) is 0.495. The predicted molar refractivity (Wildman–Crippen MR) is 103 cm³/mol. The molecule has 0 radical (unpaired) electrons. The summed E-state index contributed by atoms with van der Waals surface area (Å²) < 4.78 is 0. The van der Waals surface area contributed by atoms with Crippen LogP contribution in [-0.4, -0.2) is 71.8 Å². The molecule has 1 spiro atoms. The Morgan fingerprint density at radius 2 is 1.88 bits per heavy atom. The molecule has 0 aromatic heterocycles. The van der Waals surface area contributed by atoms with E-state index in [1.807, 2.05) is 34.9 Å². The first kappa shape index (κ1) is 18.9. The van der Waals surface area contributed by atoms with Gasteiger partial charge in [0.1, 0.15) is 0 Å². The second-order valence-corrected chi connectivity index (χ2v) is 7.67. The van der Waals surface area contributed by atoms with E-state index in [2.05, 4.69) is 24.1 Å². The molecule has 2 heterocycles. The highest BCUT2D eigenvalue weighted by Gasteiger charge is 2.43. The zero-order valence-corrected chi connectivity index (χ0v) is 16.1. The lowest BCUT2D eigenvalue weighted by molar-refractivity contribution is -0.136. The molecule has 1 unspecified atom stereocenters. The first-order chi connectivity index (χ1) is 12.5. The maximum atomic E-state index is 12.8. The number of rotatable bonds is 4. The summed E-state index contributed by atoms with van der Waals surface area (Å²) in [6.45, 7) is 6.04. The quantitative estimate of drug-likeness (QED) is 0.829. The third-order valence-corrected chi connectivity index (χ3v) is 6.21. The second kappa shape index (κ2) is 8.21. The van der Waals surface area contributed by atoms with E-state index in [1.54, 1.807) is 0 Å². The van der Waals surface area contributed by atoms with Gasteiger partial charge in [0.25, 0.3) is 0 Å². The predicted octanol–water partition coefficient (Wildman–Crippen LogP) is 2.16. The van der Waals surface area contributed by atoms with E-state index in [9.17, 15) is 9.59 Å². The van der Waals surface area contributed by atoms with Gasteiger partial charge in [-0.05, 0) is 38.8 Å². The van der Waals surface area contributed by atoms with E-state index in [1.165, 1.54) is 5.56 Å². The van der Waals surface area contributed by atoms with Crippen LogP contribution in [-0.2, 0) is 16.0 Å². The number of amides is 2. The molecule has 2 aliphatic rings. The molecule has 1 aromatic carbocycles. The summed E-state index contributed by atoms with van der Waals surface area (Å²) in [4.78, 5) is 31.5. The fourth-order valence-corrected chi connectivity index (χ4v) is 4.29. The first-order valence-corrected chi connectivity index (χ1v) is 9.85. The molecule has 5 heteroatoms. The summed E-state index contributed by atoms with van der Waals surface area (Å²) >= 11 is 0. The highest BCUT2D eigenvalue weighted by Crippen LogP contribution is 2.32. The second-order valence-electron chi connectivity index (χ2n) is 7.67. The number of carbonyl (C=O) groups is 2. The summed E-state index contributed by atoms with van der Waals surface area (Å²) in [5, 5.41) is 0. The molecular formula is C21H31N3O2. The SMILES string of the molecule is CCN1CCC2(CCC1=O)CN(C(=O)CCc1ccccc1)CCN2C. The highest BCUT2D eigenvalue weighted by molar-refractivity contribution is 5.77. The number of benzene rings is 1. The van der Waals surface area contributed by atoms with Crippen LogP contribution in [0.5, 0.6) is 0 Å². The Kier molecular flexibility index (Phi) is 5.97. The van der Waals surface area contributed by atoms with Crippen molar-refractivity contribution in [2.24, 2.45) is 0 Å². The van der Waals surface area contributed by atoms with Crippen molar-refractivity contribution in [3.63, 3.8) is 0 Å². The van der Waals surface area contributed by atoms with Crippen LogP contribution in [0.3, 0.4) is 0 Å². The van der Waals surface area contributed by atoms with Crippen molar-refractivity contribution in [2.75, 3.05) is 39.8 Å². The van der Waals surface area contributed by atoms with Crippen LogP contribution < -0.4 is 0 Å². The van der Waals surface area contributed by atoms with Gasteiger partial charge in [-0.1, -0.05) is 30.3 Å². The van der Waals surface area contributed by atoms with Crippen LogP contribution in [0.1, 0.15) is 38.2 Å². The normalized spacial score (nSPS) is 24.8. The third kappa shape index (κ3) is 4.09. The molecule has 1 atom stereocenters. The van der Waals surface area contributed by atoms with Crippen molar-refractivity contribution < 1.29 is 9.59 Å². The number of hydrogen-bond donors (Lipinski definition) is 0. The largest absolute Gasteiger partial charge is 0.343 e. The van der Waals surface area contributed by atoms with Crippen molar-refractivity contribution in [3.05, 3.63) is 35.9 Å². The number of hydrogen-bond acceptors (Lipinski definition) is 3. The Balaban J connectivity index is 1.63. The molecular weight excluding hydrogens is 326 g/mol. The molecule has 0 saturated carbocycles. The fraction of sp³-hybridized carbons (Fsp3) is 0.619.